The van der Waals surface area contributed by atoms with Crippen LogP contribution in [0.5, 0.6) is 0 Å². The van der Waals surface area contributed by atoms with Gasteiger partial charge in [-0.25, -0.2) is 4.79 Å². The maximum Gasteiger partial charge on any atom is 0.503 e. The van der Waals surface area contributed by atoms with Gasteiger partial charge in [-0.15, -0.1) is 0 Å². The number of carbonyl (C=O) groups is 2. The fourth-order valence-corrected chi connectivity index (χ4v) is 0.609. The first kappa shape index (κ1) is 14.2. The molecule has 78 valence electrons. The molecule has 0 aliphatic heterocycles. The first-order chi connectivity index (χ1) is 5.77. The van der Waals surface area contributed by atoms with Crippen molar-refractivity contribution in [1.29, 1.82) is 0 Å². The number of nitrogens with two attached hydrogens (primary N) is 1. The van der Waals surface area contributed by atoms with Gasteiger partial charge in [0.15, 0.2) is 0 Å². The minimum Gasteiger partial charge on any atom is -0.480 e. The van der Waals surface area contributed by atoms with Crippen molar-refractivity contribution in [1.82, 2.24) is 0 Å². The summed E-state index contributed by atoms with van der Waals surface area (Å²) in [5.74, 6) is -0.556. The van der Waals surface area contributed by atoms with E-state index in [1.54, 1.807) is 0 Å². The third kappa shape index (κ3) is 18.0. The van der Waals surface area contributed by atoms with Crippen LogP contribution in [0.3, 0.4) is 0 Å². The van der Waals surface area contributed by atoms with Crippen molar-refractivity contribution in [3.63, 3.8) is 0 Å². The molecule has 0 saturated carbocycles. The first-order valence-electron chi connectivity index (χ1n) is 3.67. The second kappa shape index (κ2) is 7.35. The molecule has 6 nitrogen and oxygen atoms in total. The zero-order chi connectivity index (χ0) is 11.0. The van der Waals surface area contributed by atoms with Gasteiger partial charge in [-0.2, -0.15) is 0 Å². The van der Waals surface area contributed by atoms with E-state index in [9.17, 15) is 4.79 Å². The molecule has 0 amide bonds. The third-order valence-electron chi connectivity index (χ3n) is 1.04. The van der Waals surface area contributed by atoms with Crippen LogP contribution in [0.1, 0.15) is 20.3 Å². The van der Waals surface area contributed by atoms with E-state index in [2.05, 4.69) is 0 Å². The van der Waals surface area contributed by atoms with Crippen LogP contribution in [0.25, 0.3) is 0 Å². The number of carboxylic acids is 1. The summed E-state index contributed by atoms with van der Waals surface area (Å²) in [6.07, 6.45) is -1.28. The second-order valence-corrected chi connectivity index (χ2v) is 2.86. The Hall–Kier alpha value is -1.30. The second-order valence-electron chi connectivity index (χ2n) is 2.86. The lowest BCUT2D eigenvalue weighted by Crippen LogP contribution is -2.31. The Morgan fingerprint density at radius 3 is 1.62 bits per heavy atom. The largest absolute Gasteiger partial charge is 0.503 e. The van der Waals surface area contributed by atoms with Crippen LogP contribution in [-0.2, 0) is 4.79 Å². The summed E-state index contributed by atoms with van der Waals surface area (Å²) in [5, 5.41) is 22.3. The smallest absolute Gasteiger partial charge is 0.480 e. The number of hydrogen-bond donors (Lipinski definition) is 4. The fourth-order valence-electron chi connectivity index (χ4n) is 0.609. The Kier molecular flexibility index (Phi) is 8.05. The lowest BCUT2D eigenvalue weighted by Gasteiger charge is -2.07. The monoisotopic (exact) mass is 193 g/mol. The molecule has 6 heteroatoms. The molecule has 0 aromatic rings. The maximum atomic E-state index is 10.1. The van der Waals surface area contributed by atoms with E-state index >= 15 is 0 Å². The number of hydrogen-bond acceptors (Lipinski definition) is 3. The van der Waals surface area contributed by atoms with Crippen LogP contribution in [0.4, 0.5) is 4.79 Å². The Morgan fingerprint density at radius 1 is 1.23 bits per heavy atom. The first-order valence-corrected chi connectivity index (χ1v) is 3.67. The molecule has 1 atom stereocenters. The summed E-state index contributed by atoms with van der Waals surface area (Å²) in [6, 6.07) is -0.690. The van der Waals surface area contributed by atoms with Gasteiger partial charge in [0.1, 0.15) is 6.04 Å². The van der Waals surface area contributed by atoms with Crippen molar-refractivity contribution in [3.05, 3.63) is 0 Å². The van der Waals surface area contributed by atoms with Crippen molar-refractivity contribution >= 4 is 12.1 Å². The molecular weight excluding hydrogens is 178 g/mol. The molecule has 5 N–H and O–H groups in total. The van der Waals surface area contributed by atoms with Gasteiger partial charge in [0, 0.05) is 0 Å². The molecule has 0 saturated heterocycles. The minimum absolute atomic E-state index is 0.357. The van der Waals surface area contributed by atoms with Crippen LogP contribution in [0, 0.1) is 5.92 Å². The average molecular weight is 193 g/mol. The Morgan fingerprint density at radius 2 is 1.54 bits per heavy atom. The van der Waals surface area contributed by atoms with Crippen LogP contribution < -0.4 is 5.73 Å². The summed E-state index contributed by atoms with van der Waals surface area (Å²) in [5.41, 5.74) is 5.22. The highest BCUT2D eigenvalue weighted by molar-refractivity contribution is 5.72. The standard InChI is InChI=1S/C6H13NO2.CH2O3/c1-4(2)3-5(7)6(8)9;2-1(3)4/h4-5H,3,7H2,1-2H3,(H,8,9);(H2,2,3,4). The van der Waals surface area contributed by atoms with Gasteiger partial charge >= 0.3 is 12.1 Å². The highest BCUT2D eigenvalue weighted by Crippen LogP contribution is 2.01. The van der Waals surface area contributed by atoms with Gasteiger partial charge in [0.05, 0.1) is 0 Å². The van der Waals surface area contributed by atoms with Gasteiger partial charge in [-0.3, -0.25) is 4.79 Å². The van der Waals surface area contributed by atoms with Crippen molar-refractivity contribution in [3.8, 4) is 0 Å². The van der Waals surface area contributed by atoms with E-state index in [1.807, 2.05) is 13.8 Å². The van der Waals surface area contributed by atoms with Crippen LogP contribution >= 0.6 is 0 Å². The Balaban J connectivity index is 0. The van der Waals surface area contributed by atoms with E-state index in [1.165, 1.54) is 0 Å². The molecule has 0 spiro atoms. The molecule has 0 heterocycles. The summed E-state index contributed by atoms with van der Waals surface area (Å²) in [7, 11) is 0. The molecule has 0 aromatic carbocycles. The summed E-state index contributed by atoms with van der Waals surface area (Å²) >= 11 is 0. The molecular formula is C7H15NO5. The Bertz CT molecular complexity index is 164. The predicted octanol–water partition coefficient (Wildman–Crippen LogP) is 0.667. The van der Waals surface area contributed by atoms with E-state index in [-0.39, 0.29) is 0 Å². The molecule has 0 fully saturated rings. The normalized spacial score (nSPS) is 11.4. The lowest BCUT2D eigenvalue weighted by atomic mass is 10.1. The Labute approximate surface area is 76.0 Å². The van der Waals surface area contributed by atoms with Gasteiger partial charge in [0.2, 0.25) is 0 Å². The minimum atomic E-state index is -1.83. The highest BCUT2D eigenvalue weighted by atomic mass is 16.6. The zero-order valence-electron chi connectivity index (χ0n) is 7.60. The molecule has 0 radical (unpaired) electrons. The molecule has 1 unspecified atom stereocenters. The number of rotatable bonds is 3. The van der Waals surface area contributed by atoms with E-state index in [0.29, 0.717) is 12.3 Å². The molecule has 0 aromatic heterocycles. The van der Waals surface area contributed by atoms with Crippen LogP contribution in [0.2, 0.25) is 0 Å². The summed E-state index contributed by atoms with van der Waals surface area (Å²) in [4.78, 5) is 18.7. The van der Waals surface area contributed by atoms with Crippen LogP contribution in [-0.4, -0.2) is 33.5 Å². The molecule has 0 aliphatic carbocycles. The van der Waals surface area contributed by atoms with Crippen molar-refractivity contribution < 1.29 is 24.9 Å². The van der Waals surface area contributed by atoms with Crippen LogP contribution in [0.15, 0.2) is 0 Å². The van der Waals surface area contributed by atoms with Gasteiger partial charge in [0.25, 0.3) is 0 Å². The topological polar surface area (TPSA) is 121 Å². The SMILES string of the molecule is CC(C)CC(N)C(=O)O.O=C(O)O. The number of carboxylic acid groups (broad SMARTS) is 3. The fraction of sp³-hybridized carbons (Fsp3) is 0.714. The van der Waals surface area contributed by atoms with E-state index < -0.39 is 18.2 Å². The van der Waals surface area contributed by atoms with Gasteiger partial charge in [-0.05, 0) is 12.3 Å². The molecule has 13 heavy (non-hydrogen) atoms. The van der Waals surface area contributed by atoms with E-state index in [4.69, 9.17) is 25.8 Å². The van der Waals surface area contributed by atoms with E-state index in [0.717, 1.165) is 0 Å². The third-order valence-corrected chi connectivity index (χ3v) is 1.04. The highest BCUT2D eigenvalue weighted by Gasteiger charge is 2.11. The predicted molar refractivity (Wildman–Crippen MR) is 45.7 cm³/mol. The molecule has 0 aliphatic rings. The quantitative estimate of drug-likeness (QED) is 0.522. The van der Waals surface area contributed by atoms with Crippen molar-refractivity contribution in [2.75, 3.05) is 0 Å². The molecule has 0 bridgehead atoms. The molecule has 0 rings (SSSR count). The van der Waals surface area contributed by atoms with Gasteiger partial charge < -0.3 is 21.1 Å². The van der Waals surface area contributed by atoms with Gasteiger partial charge in [-0.1, -0.05) is 13.8 Å². The summed E-state index contributed by atoms with van der Waals surface area (Å²) in [6.45, 7) is 3.89. The maximum absolute atomic E-state index is 10.1. The van der Waals surface area contributed by atoms with Crippen molar-refractivity contribution in [2.24, 2.45) is 11.7 Å². The summed E-state index contributed by atoms with van der Waals surface area (Å²) < 4.78 is 0. The lowest BCUT2D eigenvalue weighted by molar-refractivity contribution is -0.138. The number of aliphatic carboxylic acids is 1. The average Bonchev–Trinajstić information content (AvgIpc) is 1.83. The zero-order valence-corrected chi connectivity index (χ0v) is 7.60. The van der Waals surface area contributed by atoms with Crippen molar-refractivity contribution in [2.45, 2.75) is 26.3 Å².